The minimum Gasteiger partial charge on any atom is -0.392 e. The lowest BCUT2D eigenvalue weighted by molar-refractivity contribution is -0.137. The molecule has 1 aromatic rings. The van der Waals surface area contributed by atoms with Gasteiger partial charge >= 0.3 is 0 Å². The second-order valence-corrected chi connectivity index (χ2v) is 6.68. The zero-order valence-corrected chi connectivity index (χ0v) is 14.7. The van der Waals surface area contributed by atoms with E-state index in [1.165, 1.54) is 0 Å². The van der Waals surface area contributed by atoms with Gasteiger partial charge < -0.3 is 15.3 Å². The number of aliphatic hydroxyl groups is 1. The predicted molar refractivity (Wildman–Crippen MR) is 94.3 cm³/mol. The fraction of sp³-hybridized carbons (Fsp3) is 0.556. The number of piperidine rings is 1. The van der Waals surface area contributed by atoms with E-state index in [4.69, 9.17) is 0 Å². The van der Waals surface area contributed by atoms with E-state index in [1.54, 1.807) is 6.92 Å². The summed E-state index contributed by atoms with van der Waals surface area (Å²) >= 11 is 0. The molecule has 2 atom stereocenters. The summed E-state index contributed by atoms with van der Waals surface area (Å²) in [5.41, 5.74) is 0.578. The average Bonchev–Trinajstić information content (AvgIpc) is 3.01. The molecular weight excluding hydrogens is 328 g/mol. The van der Waals surface area contributed by atoms with Crippen LogP contribution in [0.2, 0.25) is 0 Å². The van der Waals surface area contributed by atoms with Gasteiger partial charge in [-0.1, -0.05) is 30.3 Å². The number of carbonyl (C=O) groups excluding carboxylic acids is 2. The van der Waals surface area contributed by atoms with Gasteiger partial charge in [-0.2, -0.15) is 0 Å². The van der Waals surface area contributed by atoms with Crippen molar-refractivity contribution in [3.8, 4) is 0 Å². The molecule has 2 aliphatic rings. The summed E-state index contributed by atoms with van der Waals surface area (Å²) in [6.07, 6.45) is 1.36. The Kier molecular flexibility index (Phi) is 6.01. The van der Waals surface area contributed by atoms with Gasteiger partial charge in [0.05, 0.1) is 17.6 Å². The van der Waals surface area contributed by atoms with E-state index in [0.29, 0.717) is 38.9 Å². The number of Topliss-reactive ketones (excluding diaryl/α,β-unsaturated/α-hetero) is 1. The maximum atomic E-state index is 12.5. The molecule has 2 heterocycles. The summed E-state index contributed by atoms with van der Waals surface area (Å²) < 4.78 is 0. The largest absolute Gasteiger partial charge is 0.392 e. The van der Waals surface area contributed by atoms with Crippen molar-refractivity contribution in [1.29, 1.82) is 0 Å². The molecule has 0 spiro atoms. The van der Waals surface area contributed by atoms with Crippen molar-refractivity contribution in [1.82, 2.24) is 10.2 Å². The number of hydrogen-bond donors (Lipinski definition) is 2. The fourth-order valence-electron chi connectivity index (χ4n) is 3.84. The van der Waals surface area contributed by atoms with Crippen LogP contribution in [0.1, 0.15) is 31.7 Å². The highest BCUT2D eigenvalue weighted by atomic mass is 35.5. The summed E-state index contributed by atoms with van der Waals surface area (Å²) in [6, 6.07) is 9.60. The molecule has 6 heteroatoms. The number of benzene rings is 1. The van der Waals surface area contributed by atoms with Crippen molar-refractivity contribution in [3.63, 3.8) is 0 Å². The molecule has 0 aromatic heterocycles. The van der Waals surface area contributed by atoms with Crippen molar-refractivity contribution in [2.75, 3.05) is 19.6 Å². The topological polar surface area (TPSA) is 69.6 Å². The number of halogens is 1. The van der Waals surface area contributed by atoms with Crippen LogP contribution in [0.3, 0.4) is 0 Å². The van der Waals surface area contributed by atoms with Gasteiger partial charge in [0.25, 0.3) is 0 Å². The van der Waals surface area contributed by atoms with Crippen LogP contribution in [-0.4, -0.2) is 53.5 Å². The Labute approximate surface area is 148 Å². The summed E-state index contributed by atoms with van der Waals surface area (Å²) in [6.45, 7) is 3.30. The fourth-order valence-corrected chi connectivity index (χ4v) is 3.84. The first-order valence-corrected chi connectivity index (χ1v) is 8.30. The second kappa shape index (κ2) is 7.64. The molecule has 132 valence electrons. The molecule has 5 nitrogen and oxygen atoms in total. The Morgan fingerprint density at radius 1 is 1.21 bits per heavy atom. The molecular formula is C18H25ClN2O3. The summed E-state index contributed by atoms with van der Waals surface area (Å²) in [5.74, 6) is 0.219. The van der Waals surface area contributed by atoms with Crippen molar-refractivity contribution in [2.45, 2.75) is 43.7 Å². The number of rotatable bonds is 3. The van der Waals surface area contributed by atoms with Crippen LogP contribution >= 0.6 is 12.4 Å². The number of β-amino-alcohol motifs (C(OH)–C–C–N with tert-alkyl or cyclic N) is 1. The lowest BCUT2D eigenvalue weighted by Crippen LogP contribution is -2.52. The third-order valence-electron chi connectivity index (χ3n) is 5.33. The van der Waals surface area contributed by atoms with E-state index in [0.717, 1.165) is 5.56 Å². The molecule has 2 aliphatic heterocycles. The first kappa shape index (κ1) is 18.9. The smallest absolute Gasteiger partial charge is 0.239 e. The summed E-state index contributed by atoms with van der Waals surface area (Å²) in [7, 11) is 0. The first-order chi connectivity index (χ1) is 11.0. The van der Waals surface area contributed by atoms with Gasteiger partial charge in [-0.25, -0.2) is 0 Å². The Morgan fingerprint density at radius 2 is 1.83 bits per heavy atom. The zero-order valence-electron chi connectivity index (χ0n) is 13.9. The Balaban J connectivity index is 0.00000208. The standard InChI is InChI=1S/C18H24N2O3.ClH/c1-13(21)18(14-5-3-2-4-6-14)7-9-20(10-8-18)17(23)16-11-15(22)12-19-16;/h2-6,15-16,19,22H,7-12H2,1H3;1H/t15-,16+;/m1./s1. The van der Waals surface area contributed by atoms with Gasteiger partial charge in [-0.3, -0.25) is 9.59 Å². The molecule has 0 aliphatic carbocycles. The molecule has 0 saturated carbocycles. The lowest BCUT2D eigenvalue weighted by Gasteiger charge is -2.41. The minimum absolute atomic E-state index is 0. The van der Waals surface area contributed by atoms with E-state index in [2.05, 4.69) is 5.32 Å². The van der Waals surface area contributed by atoms with Gasteiger partial charge in [0, 0.05) is 19.6 Å². The van der Waals surface area contributed by atoms with E-state index in [9.17, 15) is 14.7 Å². The maximum absolute atomic E-state index is 12.5. The van der Waals surface area contributed by atoms with Crippen LogP contribution in [0.25, 0.3) is 0 Å². The molecule has 24 heavy (non-hydrogen) atoms. The molecule has 0 unspecified atom stereocenters. The molecule has 1 amide bonds. The van der Waals surface area contributed by atoms with Gasteiger partial charge in [-0.05, 0) is 31.7 Å². The number of nitrogens with one attached hydrogen (secondary N) is 1. The number of carbonyl (C=O) groups is 2. The lowest BCUT2D eigenvalue weighted by atomic mass is 9.70. The second-order valence-electron chi connectivity index (χ2n) is 6.68. The van der Waals surface area contributed by atoms with Crippen molar-refractivity contribution >= 4 is 24.1 Å². The van der Waals surface area contributed by atoms with E-state index in [1.807, 2.05) is 35.2 Å². The van der Waals surface area contributed by atoms with Crippen LogP contribution in [0.15, 0.2) is 30.3 Å². The van der Waals surface area contributed by atoms with Crippen molar-refractivity contribution in [3.05, 3.63) is 35.9 Å². The number of aliphatic hydroxyl groups excluding tert-OH is 1. The monoisotopic (exact) mass is 352 g/mol. The van der Waals surface area contributed by atoms with Crippen LogP contribution in [0.5, 0.6) is 0 Å². The number of likely N-dealkylation sites (tertiary alicyclic amines) is 1. The molecule has 0 radical (unpaired) electrons. The SMILES string of the molecule is CC(=O)C1(c2ccccc2)CCN(C(=O)[C@@H]2C[C@@H](O)CN2)CC1.Cl. The van der Waals surface area contributed by atoms with Crippen molar-refractivity contribution in [2.24, 2.45) is 0 Å². The summed E-state index contributed by atoms with van der Waals surface area (Å²) in [5, 5.41) is 12.6. The van der Waals surface area contributed by atoms with E-state index in [-0.39, 0.29) is 30.1 Å². The van der Waals surface area contributed by atoms with Gasteiger partial charge in [0.1, 0.15) is 5.78 Å². The van der Waals surface area contributed by atoms with E-state index >= 15 is 0 Å². The molecule has 0 bridgehead atoms. The van der Waals surface area contributed by atoms with Crippen LogP contribution in [-0.2, 0) is 15.0 Å². The highest BCUT2D eigenvalue weighted by Gasteiger charge is 2.42. The van der Waals surface area contributed by atoms with Crippen LogP contribution < -0.4 is 5.32 Å². The van der Waals surface area contributed by atoms with Gasteiger partial charge in [0.15, 0.2) is 0 Å². The van der Waals surface area contributed by atoms with E-state index < -0.39 is 11.5 Å². The highest BCUT2D eigenvalue weighted by Crippen LogP contribution is 2.36. The molecule has 2 saturated heterocycles. The van der Waals surface area contributed by atoms with Gasteiger partial charge in [0.2, 0.25) is 5.91 Å². The average molecular weight is 353 g/mol. The summed E-state index contributed by atoms with van der Waals surface area (Å²) in [4.78, 5) is 26.7. The number of amides is 1. The maximum Gasteiger partial charge on any atom is 0.239 e. The molecule has 2 fully saturated rings. The Hall–Kier alpha value is -1.43. The number of ketones is 1. The molecule has 3 rings (SSSR count). The zero-order chi connectivity index (χ0) is 16.4. The first-order valence-electron chi connectivity index (χ1n) is 8.30. The number of nitrogens with zero attached hydrogens (tertiary/aromatic N) is 1. The van der Waals surface area contributed by atoms with Crippen LogP contribution in [0, 0.1) is 0 Å². The quantitative estimate of drug-likeness (QED) is 0.859. The highest BCUT2D eigenvalue weighted by molar-refractivity contribution is 5.89. The Morgan fingerprint density at radius 3 is 2.33 bits per heavy atom. The third kappa shape index (κ3) is 3.48. The molecule has 2 N–H and O–H groups in total. The predicted octanol–water partition coefficient (Wildman–Crippen LogP) is 1.28. The molecule has 1 aromatic carbocycles. The van der Waals surface area contributed by atoms with Crippen LogP contribution in [0.4, 0.5) is 0 Å². The normalized spacial score (nSPS) is 25.8. The number of hydrogen-bond acceptors (Lipinski definition) is 4. The third-order valence-corrected chi connectivity index (χ3v) is 5.33. The van der Waals surface area contributed by atoms with Gasteiger partial charge in [-0.15, -0.1) is 12.4 Å². The minimum atomic E-state index is -0.472. The van der Waals surface area contributed by atoms with Crippen molar-refractivity contribution < 1.29 is 14.7 Å². The Bertz CT molecular complexity index is 585.